The molecule has 1 unspecified atom stereocenters. The first-order chi connectivity index (χ1) is 15.4. The molecule has 4 aromatic rings. The summed E-state index contributed by atoms with van der Waals surface area (Å²) >= 11 is 0. The molecule has 1 atom stereocenters. The maximum absolute atomic E-state index is 13.8. The lowest BCUT2D eigenvalue weighted by Crippen LogP contribution is -2.32. The van der Waals surface area contributed by atoms with Crippen molar-refractivity contribution in [2.45, 2.75) is 6.04 Å². The number of aromatic hydroxyl groups is 1. The standard InChI is InChI=1S/C24H18F2N2O4/c1-32-17-8-5-13(6-9-17)20(27-16-7-10-18(25)19(26)12-16)14-3-2-4-15(11-14)28-21-22(29)24(31)23(21)30/h2-12,20,27-29H,1H3. The Morgan fingerprint density at radius 2 is 1.59 bits per heavy atom. The Labute approximate surface area is 181 Å². The fourth-order valence-corrected chi connectivity index (χ4v) is 3.34. The molecule has 0 aromatic heterocycles. The Morgan fingerprint density at radius 1 is 0.844 bits per heavy atom. The van der Waals surface area contributed by atoms with Crippen LogP contribution in [0.25, 0.3) is 0 Å². The molecule has 0 amide bonds. The maximum Gasteiger partial charge on any atom is 0.271 e. The molecule has 4 rings (SSSR count). The lowest BCUT2D eigenvalue weighted by Gasteiger charge is -2.22. The van der Waals surface area contributed by atoms with Crippen LogP contribution in [0.5, 0.6) is 11.5 Å². The summed E-state index contributed by atoms with van der Waals surface area (Å²) in [7, 11) is 1.55. The van der Waals surface area contributed by atoms with E-state index in [0.717, 1.165) is 23.3 Å². The van der Waals surface area contributed by atoms with E-state index >= 15 is 0 Å². The summed E-state index contributed by atoms with van der Waals surface area (Å²) in [5, 5.41) is 15.6. The van der Waals surface area contributed by atoms with Crippen LogP contribution in [0.3, 0.4) is 0 Å². The lowest BCUT2D eigenvalue weighted by atomic mass is 9.97. The summed E-state index contributed by atoms with van der Waals surface area (Å²) in [6.45, 7) is 0. The number of halogens is 2. The van der Waals surface area contributed by atoms with Crippen LogP contribution < -0.4 is 26.2 Å². The van der Waals surface area contributed by atoms with E-state index in [1.54, 1.807) is 37.4 Å². The molecule has 0 aliphatic heterocycles. The smallest absolute Gasteiger partial charge is 0.271 e. The van der Waals surface area contributed by atoms with Crippen LogP contribution in [-0.2, 0) is 0 Å². The van der Waals surface area contributed by atoms with Gasteiger partial charge in [-0.15, -0.1) is 0 Å². The van der Waals surface area contributed by atoms with Gasteiger partial charge >= 0.3 is 0 Å². The average molecular weight is 436 g/mol. The van der Waals surface area contributed by atoms with E-state index in [1.165, 1.54) is 6.07 Å². The van der Waals surface area contributed by atoms with Gasteiger partial charge in [-0.3, -0.25) is 9.59 Å². The molecule has 8 heteroatoms. The summed E-state index contributed by atoms with van der Waals surface area (Å²) in [6.07, 6.45) is 0. The third kappa shape index (κ3) is 4.02. The summed E-state index contributed by atoms with van der Waals surface area (Å²) in [5.41, 5.74) is 0.479. The van der Waals surface area contributed by atoms with Crippen LogP contribution in [-0.4, -0.2) is 12.2 Å². The van der Waals surface area contributed by atoms with Crippen LogP contribution in [0, 0.1) is 11.6 Å². The predicted molar refractivity (Wildman–Crippen MR) is 118 cm³/mol. The minimum atomic E-state index is -0.977. The van der Waals surface area contributed by atoms with Crippen molar-refractivity contribution in [1.29, 1.82) is 0 Å². The van der Waals surface area contributed by atoms with E-state index in [9.17, 15) is 23.5 Å². The number of ether oxygens (including phenoxy) is 1. The number of anilines is 3. The molecule has 6 nitrogen and oxygen atoms in total. The molecule has 0 aliphatic rings. The zero-order valence-electron chi connectivity index (χ0n) is 16.9. The van der Waals surface area contributed by atoms with Crippen molar-refractivity contribution in [3.05, 3.63) is 110 Å². The van der Waals surface area contributed by atoms with Gasteiger partial charge in [0.15, 0.2) is 17.4 Å². The molecule has 0 fully saturated rings. The summed E-state index contributed by atoms with van der Waals surface area (Å²) in [4.78, 5) is 22.9. The normalized spacial score (nSPS) is 11.8. The molecule has 0 radical (unpaired) electrons. The quantitative estimate of drug-likeness (QED) is 0.376. The van der Waals surface area contributed by atoms with Gasteiger partial charge in [-0.2, -0.15) is 0 Å². The first kappa shape index (κ1) is 21.0. The summed E-state index contributed by atoms with van der Waals surface area (Å²) < 4.78 is 32.3. The molecule has 0 bridgehead atoms. The van der Waals surface area contributed by atoms with Crippen LogP contribution in [0.15, 0.2) is 76.3 Å². The molecule has 32 heavy (non-hydrogen) atoms. The van der Waals surface area contributed by atoms with Gasteiger partial charge in [0.1, 0.15) is 11.4 Å². The second-order valence-corrected chi connectivity index (χ2v) is 7.11. The van der Waals surface area contributed by atoms with E-state index < -0.39 is 34.3 Å². The Bertz CT molecular complexity index is 1350. The van der Waals surface area contributed by atoms with Gasteiger partial charge in [0.25, 0.3) is 10.9 Å². The highest BCUT2D eigenvalue weighted by molar-refractivity contribution is 5.70. The van der Waals surface area contributed by atoms with Gasteiger partial charge in [0.2, 0.25) is 0 Å². The molecule has 0 spiro atoms. The Hall–Kier alpha value is -4.20. The lowest BCUT2D eigenvalue weighted by molar-refractivity contribution is 0.414. The molecule has 3 N–H and O–H groups in total. The predicted octanol–water partition coefficient (Wildman–Crippen LogP) is 4.22. The Morgan fingerprint density at radius 3 is 2.25 bits per heavy atom. The van der Waals surface area contributed by atoms with Crippen LogP contribution >= 0.6 is 0 Å². The van der Waals surface area contributed by atoms with Crippen molar-refractivity contribution < 1.29 is 18.6 Å². The van der Waals surface area contributed by atoms with Crippen molar-refractivity contribution in [3.8, 4) is 11.5 Å². The van der Waals surface area contributed by atoms with E-state index in [2.05, 4.69) is 10.6 Å². The fourth-order valence-electron chi connectivity index (χ4n) is 3.34. The zero-order chi connectivity index (χ0) is 22.8. The highest BCUT2D eigenvalue weighted by atomic mass is 19.2. The highest BCUT2D eigenvalue weighted by Crippen LogP contribution is 2.31. The molecular weight excluding hydrogens is 418 g/mol. The molecule has 0 heterocycles. The van der Waals surface area contributed by atoms with E-state index in [0.29, 0.717) is 17.1 Å². The van der Waals surface area contributed by atoms with Gasteiger partial charge in [-0.05, 0) is 47.5 Å². The highest BCUT2D eigenvalue weighted by Gasteiger charge is 2.21. The van der Waals surface area contributed by atoms with Gasteiger partial charge in [0.05, 0.1) is 13.2 Å². The van der Waals surface area contributed by atoms with E-state index in [-0.39, 0.29) is 5.69 Å². The molecule has 162 valence electrons. The van der Waals surface area contributed by atoms with E-state index in [1.807, 2.05) is 18.2 Å². The zero-order valence-corrected chi connectivity index (χ0v) is 16.9. The van der Waals surface area contributed by atoms with Gasteiger partial charge in [0, 0.05) is 17.4 Å². The second-order valence-electron chi connectivity index (χ2n) is 7.11. The number of methoxy groups -OCH3 is 1. The number of nitrogens with one attached hydrogen (secondary N) is 2. The fraction of sp³-hybridized carbons (Fsp3) is 0.0833. The summed E-state index contributed by atoms with van der Waals surface area (Å²) in [5.74, 6) is -1.87. The van der Waals surface area contributed by atoms with Crippen LogP contribution in [0.1, 0.15) is 17.2 Å². The Kier molecular flexibility index (Phi) is 5.59. The average Bonchev–Trinajstić information content (AvgIpc) is 2.82. The molecule has 4 aromatic carbocycles. The van der Waals surface area contributed by atoms with Crippen molar-refractivity contribution in [3.63, 3.8) is 0 Å². The Balaban J connectivity index is 1.71. The van der Waals surface area contributed by atoms with Crippen LogP contribution in [0.4, 0.5) is 25.8 Å². The van der Waals surface area contributed by atoms with Crippen LogP contribution in [0.2, 0.25) is 0 Å². The van der Waals surface area contributed by atoms with Crippen molar-refractivity contribution in [1.82, 2.24) is 0 Å². The first-order valence-electron chi connectivity index (χ1n) is 9.62. The second kappa shape index (κ2) is 8.50. The molecule has 0 saturated heterocycles. The molecule has 0 saturated carbocycles. The topological polar surface area (TPSA) is 87.7 Å². The molecule has 0 aliphatic carbocycles. The maximum atomic E-state index is 13.8. The van der Waals surface area contributed by atoms with Gasteiger partial charge in [-0.1, -0.05) is 24.3 Å². The van der Waals surface area contributed by atoms with Crippen molar-refractivity contribution >= 4 is 17.1 Å². The van der Waals surface area contributed by atoms with Crippen molar-refractivity contribution in [2.24, 2.45) is 0 Å². The van der Waals surface area contributed by atoms with Crippen molar-refractivity contribution in [2.75, 3.05) is 17.7 Å². The van der Waals surface area contributed by atoms with Gasteiger partial charge < -0.3 is 20.5 Å². The van der Waals surface area contributed by atoms with Gasteiger partial charge in [-0.25, -0.2) is 8.78 Å². The largest absolute Gasteiger partial charge is 0.502 e. The first-order valence-corrected chi connectivity index (χ1v) is 9.62. The summed E-state index contributed by atoms with van der Waals surface area (Å²) in [6, 6.07) is 17.2. The monoisotopic (exact) mass is 436 g/mol. The minimum Gasteiger partial charge on any atom is -0.502 e. The third-order valence-corrected chi connectivity index (χ3v) is 5.05. The minimum absolute atomic E-state index is 0.165. The number of hydrogen-bond acceptors (Lipinski definition) is 6. The SMILES string of the molecule is COc1ccc(C(Nc2ccc(F)c(F)c2)c2cccc(Nc3c(O)c(=O)c3=O)c2)cc1. The number of benzene rings is 3. The third-order valence-electron chi connectivity index (χ3n) is 5.05. The van der Waals surface area contributed by atoms with E-state index in [4.69, 9.17) is 4.74 Å². The molecular formula is C24H18F2N2O4. The number of hydrogen-bond donors (Lipinski definition) is 3. The number of rotatable bonds is 7.